The van der Waals surface area contributed by atoms with Crippen LogP contribution in [-0.2, 0) is 15.9 Å². The number of methoxy groups -OCH3 is 1. The van der Waals surface area contributed by atoms with Crippen LogP contribution in [0.15, 0.2) is 18.3 Å². The average Bonchev–Trinajstić information content (AvgIpc) is 2.93. The highest BCUT2D eigenvalue weighted by Gasteiger charge is 2.32. The first-order chi connectivity index (χ1) is 11.9. The lowest BCUT2D eigenvalue weighted by Crippen LogP contribution is -2.33. The molecule has 1 unspecified atom stereocenters. The lowest BCUT2D eigenvalue weighted by molar-refractivity contribution is -0.0596. The van der Waals surface area contributed by atoms with Crippen molar-refractivity contribution in [1.82, 2.24) is 4.40 Å². The van der Waals surface area contributed by atoms with E-state index in [4.69, 9.17) is 14.7 Å². The van der Waals surface area contributed by atoms with Crippen molar-refractivity contribution in [3.63, 3.8) is 0 Å². The zero-order valence-electron chi connectivity index (χ0n) is 14.6. The monoisotopic (exact) mass is 344 g/mol. The molecule has 3 heterocycles. The molecule has 1 fully saturated rings. The Balaban J connectivity index is 2.11. The van der Waals surface area contributed by atoms with Gasteiger partial charge in [0.2, 0.25) is 0 Å². The van der Waals surface area contributed by atoms with E-state index in [1.54, 1.807) is 16.7 Å². The standard InChI is InChI=1S/C19H21FN2O3/c1-19(2)11-12(6-9-25-19)13-5-8-22-15(4-7-21)14(18(23)24-3)10-16(22)17(13)20/h5,8,10,12H,4,6,9,11H2,1-3H3. The lowest BCUT2D eigenvalue weighted by atomic mass is 9.83. The van der Waals surface area contributed by atoms with E-state index < -0.39 is 5.97 Å². The Labute approximate surface area is 146 Å². The van der Waals surface area contributed by atoms with Gasteiger partial charge in [-0.25, -0.2) is 9.18 Å². The van der Waals surface area contributed by atoms with Crippen LogP contribution in [0.1, 0.15) is 54.2 Å². The Morgan fingerprint density at radius 2 is 2.32 bits per heavy atom. The van der Waals surface area contributed by atoms with Crippen LogP contribution in [-0.4, -0.2) is 29.7 Å². The Hall–Kier alpha value is -2.39. The molecule has 2 aromatic heterocycles. The van der Waals surface area contributed by atoms with Crippen LogP contribution in [0.4, 0.5) is 4.39 Å². The maximum Gasteiger partial charge on any atom is 0.339 e. The molecule has 0 aromatic carbocycles. The summed E-state index contributed by atoms with van der Waals surface area (Å²) in [6.45, 7) is 4.61. The summed E-state index contributed by atoms with van der Waals surface area (Å²) in [5.74, 6) is -0.855. The first-order valence-electron chi connectivity index (χ1n) is 8.29. The smallest absolute Gasteiger partial charge is 0.339 e. The van der Waals surface area contributed by atoms with Crippen molar-refractivity contribution < 1.29 is 18.7 Å². The second-order valence-corrected chi connectivity index (χ2v) is 6.97. The molecule has 1 atom stereocenters. The Morgan fingerprint density at radius 3 is 2.96 bits per heavy atom. The molecule has 5 nitrogen and oxygen atoms in total. The normalized spacial score (nSPS) is 19.6. The molecule has 0 N–H and O–H groups in total. The lowest BCUT2D eigenvalue weighted by Gasteiger charge is -2.35. The zero-order valence-corrected chi connectivity index (χ0v) is 14.6. The van der Waals surface area contributed by atoms with Gasteiger partial charge in [-0.3, -0.25) is 0 Å². The maximum absolute atomic E-state index is 15.2. The Bertz CT molecular complexity index is 864. The molecule has 0 radical (unpaired) electrons. The van der Waals surface area contributed by atoms with Gasteiger partial charge in [0.25, 0.3) is 0 Å². The third-order valence-corrected chi connectivity index (χ3v) is 4.81. The van der Waals surface area contributed by atoms with E-state index in [9.17, 15) is 4.79 Å². The van der Waals surface area contributed by atoms with Crippen LogP contribution in [0, 0.1) is 17.1 Å². The number of carbonyl (C=O) groups is 1. The first kappa shape index (κ1) is 17.4. The van der Waals surface area contributed by atoms with E-state index in [2.05, 4.69) is 0 Å². The fraction of sp³-hybridized carbons (Fsp3) is 0.474. The summed E-state index contributed by atoms with van der Waals surface area (Å²) in [6, 6.07) is 5.24. The number of nitrogens with zero attached hydrogens (tertiary/aromatic N) is 2. The number of aromatic nitrogens is 1. The molecule has 0 saturated carbocycles. The van der Waals surface area contributed by atoms with Crippen LogP contribution in [0.2, 0.25) is 0 Å². The molecule has 1 saturated heterocycles. The molecule has 2 aromatic rings. The van der Waals surface area contributed by atoms with Crippen molar-refractivity contribution in [2.24, 2.45) is 0 Å². The zero-order chi connectivity index (χ0) is 18.2. The fourth-order valence-electron chi connectivity index (χ4n) is 3.63. The molecule has 0 aliphatic carbocycles. The van der Waals surface area contributed by atoms with E-state index in [0.717, 1.165) is 12.8 Å². The summed E-state index contributed by atoms with van der Waals surface area (Å²) >= 11 is 0. The minimum atomic E-state index is -0.568. The van der Waals surface area contributed by atoms with Gasteiger partial charge in [-0.2, -0.15) is 5.26 Å². The largest absolute Gasteiger partial charge is 0.465 e. The van der Waals surface area contributed by atoms with Gasteiger partial charge < -0.3 is 13.9 Å². The summed E-state index contributed by atoms with van der Waals surface area (Å²) in [7, 11) is 1.27. The highest BCUT2D eigenvalue weighted by molar-refractivity contribution is 5.93. The summed E-state index contributed by atoms with van der Waals surface area (Å²) in [5, 5.41) is 9.04. The molecule has 3 rings (SSSR count). The van der Waals surface area contributed by atoms with Crippen LogP contribution in [0.5, 0.6) is 0 Å². The van der Waals surface area contributed by atoms with Gasteiger partial charge in [0, 0.05) is 12.8 Å². The van der Waals surface area contributed by atoms with E-state index in [1.165, 1.54) is 13.2 Å². The number of esters is 1. The number of carbonyl (C=O) groups excluding carboxylic acids is 1. The number of halogens is 1. The summed E-state index contributed by atoms with van der Waals surface area (Å²) in [4.78, 5) is 12.0. The quantitative estimate of drug-likeness (QED) is 0.798. The van der Waals surface area contributed by atoms with Gasteiger partial charge in [-0.05, 0) is 50.3 Å². The van der Waals surface area contributed by atoms with Crippen LogP contribution >= 0.6 is 0 Å². The number of fused-ring (bicyclic) bond motifs is 1. The highest BCUT2D eigenvalue weighted by atomic mass is 19.1. The molecule has 6 heteroatoms. The van der Waals surface area contributed by atoms with Crippen molar-refractivity contribution in [1.29, 1.82) is 5.26 Å². The maximum atomic E-state index is 15.2. The molecule has 0 spiro atoms. The van der Waals surface area contributed by atoms with Gasteiger partial charge in [0.1, 0.15) is 0 Å². The second kappa shape index (κ2) is 6.49. The minimum absolute atomic E-state index is 0.00167. The highest BCUT2D eigenvalue weighted by Crippen LogP contribution is 2.38. The van der Waals surface area contributed by atoms with E-state index in [-0.39, 0.29) is 29.3 Å². The summed E-state index contributed by atoms with van der Waals surface area (Å²) in [6.07, 6.45) is 3.22. The van der Waals surface area contributed by atoms with Gasteiger partial charge in [-0.15, -0.1) is 0 Å². The predicted molar refractivity (Wildman–Crippen MR) is 90.0 cm³/mol. The Kier molecular flexibility index (Phi) is 4.53. The van der Waals surface area contributed by atoms with Gasteiger partial charge in [0.15, 0.2) is 5.82 Å². The van der Waals surface area contributed by atoms with Crippen LogP contribution < -0.4 is 0 Å². The van der Waals surface area contributed by atoms with Gasteiger partial charge >= 0.3 is 5.97 Å². The van der Waals surface area contributed by atoms with Crippen molar-refractivity contribution in [2.75, 3.05) is 13.7 Å². The van der Waals surface area contributed by atoms with Crippen molar-refractivity contribution in [3.8, 4) is 6.07 Å². The van der Waals surface area contributed by atoms with E-state index in [0.29, 0.717) is 23.4 Å². The summed E-state index contributed by atoms with van der Waals surface area (Å²) < 4.78 is 27.3. The summed E-state index contributed by atoms with van der Waals surface area (Å²) in [5.41, 5.74) is 1.32. The van der Waals surface area contributed by atoms with Crippen molar-refractivity contribution >= 4 is 11.5 Å². The predicted octanol–water partition coefficient (Wildman–Crippen LogP) is 3.60. The topological polar surface area (TPSA) is 63.7 Å². The second-order valence-electron chi connectivity index (χ2n) is 6.97. The third-order valence-electron chi connectivity index (χ3n) is 4.81. The molecular formula is C19H21FN2O3. The Morgan fingerprint density at radius 1 is 1.56 bits per heavy atom. The SMILES string of the molecule is COC(=O)c1cc2c(F)c(C3CCOC(C)(C)C3)ccn2c1CC#N. The molecule has 1 aliphatic rings. The fourth-order valence-corrected chi connectivity index (χ4v) is 3.63. The molecule has 1 aliphatic heterocycles. The molecule has 0 amide bonds. The number of ether oxygens (including phenoxy) is 2. The number of pyridine rings is 1. The number of hydrogen-bond donors (Lipinski definition) is 0. The molecule has 132 valence electrons. The molecular weight excluding hydrogens is 323 g/mol. The van der Waals surface area contributed by atoms with Gasteiger partial charge in [-0.1, -0.05) is 0 Å². The molecule has 25 heavy (non-hydrogen) atoms. The minimum Gasteiger partial charge on any atom is -0.465 e. The van der Waals surface area contributed by atoms with E-state index >= 15 is 4.39 Å². The number of rotatable bonds is 3. The number of hydrogen-bond acceptors (Lipinski definition) is 4. The van der Waals surface area contributed by atoms with Crippen LogP contribution in [0.3, 0.4) is 0 Å². The number of nitriles is 1. The molecule has 0 bridgehead atoms. The first-order valence-corrected chi connectivity index (χ1v) is 8.29. The van der Waals surface area contributed by atoms with E-state index in [1.807, 2.05) is 19.9 Å². The average molecular weight is 344 g/mol. The van der Waals surface area contributed by atoms with Crippen LogP contribution in [0.25, 0.3) is 5.52 Å². The van der Waals surface area contributed by atoms with Crippen molar-refractivity contribution in [3.05, 3.63) is 41.0 Å². The van der Waals surface area contributed by atoms with Gasteiger partial charge in [0.05, 0.1) is 42.0 Å². The van der Waals surface area contributed by atoms with Crippen molar-refractivity contribution in [2.45, 2.75) is 44.6 Å². The third kappa shape index (κ3) is 3.12.